The van der Waals surface area contributed by atoms with Gasteiger partial charge in [0, 0.05) is 22.8 Å². The molecule has 2 amide bonds. The Morgan fingerprint density at radius 3 is 2.36 bits per heavy atom. The summed E-state index contributed by atoms with van der Waals surface area (Å²) in [6.45, 7) is 0.281. The van der Waals surface area contributed by atoms with Gasteiger partial charge in [0.25, 0.3) is 11.8 Å². The topological polar surface area (TPSA) is 67.4 Å². The summed E-state index contributed by atoms with van der Waals surface area (Å²) >= 11 is 5.92. The third-order valence-corrected chi connectivity index (χ3v) is 4.13. The lowest BCUT2D eigenvalue weighted by Gasteiger charge is -2.09. The molecule has 3 aromatic rings. The molecule has 142 valence electrons. The number of rotatable bonds is 7. The van der Waals surface area contributed by atoms with Crippen LogP contribution in [0.1, 0.15) is 15.9 Å². The monoisotopic (exact) mass is 394 g/mol. The largest absolute Gasteiger partial charge is 0.484 e. The minimum Gasteiger partial charge on any atom is -0.484 e. The van der Waals surface area contributed by atoms with Crippen molar-refractivity contribution in [3.05, 3.63) is 95.0 Å². The van der Waals surface area contributed by atoms with Crippen molar-refractivity contribution >= 4 is 29.1 Å². The van der Waals surface area contributed by atoms with Gasteiger partial charge in [-0.1, -0.05) is 41.9 Å². The van der Waals surface area contributed by atoms with Crippen molar-refractivity contribution in [1.82, 2.24) is 5.32 Å². The van der Waals surface area contributed by atoms with E-state index in [4.69, 9.17) is 16.3 Å². The van der Waals surface area contributed by atoms with E-state index in [1.807, 2.05) is 30.3 Å². The van der Waals surface area contributed by atoms with E-state index in [1.165, 1.54) is 0 Å². The van der Waals surface area contributed by atoms with Crippen LogP contribution in [0.15, 0.2) is 78.9 Å². The molecule has 0 radical (unpaired) electrons. The minimum atomic E-state index is -0.235. The molecule has 28 heavy (non-hydrogen) atoms. The quantitative estimate of drug-likeness (QED) is 0.628. The van der Waals surface area contributed by atoms with E-state index in [0.29, 0.717) is 28.6 Å². The average molecular weight is 395 g/mol. The van der Waals surface area contributed by atoms with Gasteiger partial charge >= 0.3 is 0 Å². The lowest BCUT2D eigenvalue weighted by Crippen LogP contribution is -2.28. The second kappa shape index (κ2) is 9.58. The number of nitrogens with one attached hydrogen (secondary N) is 2. The summed E-state index contributed by atoms with van der Waals surface area (Å²) in [5.41, 5.74) is 2.14. The first kappa shape index (κ1) is 19.5. The Hall–Kier alpha value is -3.31. The van der Waals surface area contributed by atoms with Crippen molar-refractivity contribution in [2.75, 3.05) is 11.9 Å². The van der Waals surface area contributed by atoms with E-state index in [9.17, 15) is 9.59 Å². The summed E-state index contributed by atoms with van der Waals surface area (Å²) in [7, 11) is 0. The predicted molar refractivity (Wildman–Crippen MR) is 110 cm³/mol. The molecule has 0 spiro atoms. The van der Waals surface area contributed by atoms with Crippen LogP contribution in [0.2, 0.25) is 5.02 Å². The Morgan fingerprint density at radius 1 is 0.893 bits per heavy atom. The maximum absolute atomic E-state index is 12.1. The molecular formula is C22H19ClN2O3. The number of benzene rings is 3. The van der Waals surface area contributed by atoms with Crippen molar-refractivity contribution < 1.29 is 14.3 Å². The summed E-state index contributed by atoms with van der Waals surface area (Å²) in [6, 6.07) is 23.1. The summed E-state index contributed by atoms with van der Waals surface area (Å²) in [5, 5.41) is 6.21. The molecule has 0 fully saturated rings. The van der Waals surface area contributed by atoms with Crippen LogP contribution in [0, 0.1) is 0 Å². The summed E-state index contributed by atoms with van der Waals surface area (Å²) in [5.74, 6) is 0.117. The smallest absolute Gasteiger partial charge is 0.258 e. The first-order chi connectivity index (χ1) is 13.6. The molecule has 0 bridgehead atoms. The number of hydrogen-bond donors (Lipinski definition) is 2. The van der Waals surface area contributed by atoms with E-state index < -0.39 is 0 Å². The normalized spacial score (nSPS) is 10.2. The molecule has 5 nitrogen and oxygen atoms in total. The van der Waals surface area contributed by atoms with Gasteiger partial charge in [-0.3, -0.25) is 9.59 Å². The van der Waals surface area contributed by atoms with Crippen LogP contribution in [0.25, 0.3) is 0 Å². The second-order valence-electron chi connectivity index (χ2n) is 6.04. The zero-order valence-electron chi connectivity index (χ0n) is 15.0. The third-order valence-electron chi connectivity index (χ3n) is 3.90. The molecule has 6 heteroatoms. The minimum absolute atomic E-state index is 0.101. The number of amides is 2. The molecule has 0 heterocycles. The van der Waals surface area contributed by atoms with Crippen LogP contribution in [-0.4, -0.2) is 18.4 Å². The molecule has 0 aliphatic rings. The van der Waals surface area contributed by atoms with Crippen molar-refractivity contribution in [3.63, 3.8) is 0 Å². The van der Waals surface area contributed by atoms with E-state index in [1.54, 1.807) is 48.5 Å². The van der Waals surface area contributed by atoms with Crippen molar-refractivity contribution in [3.8, 4) is 5.75 Å². The molecule has 0 saturated carbocycles. The van der Waals surface area contributed by atoms with Gasteiger partial charge in [0.1, 0.15) is 5.75 Å². The lowest BCUT2D eigenvalue weighted by atomic mass is 10.2. The molecular weight excluding hydrogens is 376 g/mol. The summed E-state index contributed by atoms with van der Waals surface area (Å²) in [4.78, 5) is 24.0. The third kappa shape index (κ3) is 5.86. The summed E-state index contributed by atoms with van der Waals surface area (Å²) in [6.07, 6.45) is 0. The van der Waals surface area contributed by atoms with Crippen molar-refractivity contribution in [2.24, 2.45) is 0 Å². The molecule has 3 rings (SSSR count). The van der Waals surface area contributed by atoms with Crippen molar-refractivity contribution in [1.29, 1.82) is 0 Å². The average Bonchev–Trinajstić information content (AvgIpc) is 2.72. The maximum Gasteiger partial charge on any atom is 0.258 e. The molecule has 0 unspecified atom stereocenters. The fourth-order valence-electron chi connectivity index (χ4n) is 2.47. The summed E-state index contributed by atoms with van der Waals surface area (Å²) < 4.78 is 5.47. The number of ether oxygens (including phenoxy) is 1. The van der Waals surface area contributed by atoms with Gasteiger partial charge in [-0.2, -0.15) is 0 Å². The Balaban J connectivity index is 1.45. The predicted octanol–water partition coefficient (Wildman–Crippen LogP) is 4.29. The highest BCUT2D eigenvalue weighted by atomic mass is 35.5. The Bertz CT molecular complexity index is 944. The number of carbonyl (C=O) groups excluding carboxylic acids is 2. The molecule has 0 aromatic heterocycles. The van der Waals surface area contributed by atoms with Crippen LogP contribution in [0.5, 0.6) is 5.75 Å². The number of anilines is 1. The van der Waals surface area contributed by atoms with Crippen LogP contribution < -0.4 is 15.4 Å². The molecule has 0 aliphatic heterocycles. The van der Waals surface area contributed by atoms with E-state index in [0.717, 1.165) is 5.56 Å². The lowest BCUT2D eigenvalue weighted by molar-refractivity contribution is -0.123. The number of carbonyl (C=O) groups is 2. The van der Waals surface area contributed by atoms with Gasteiger partial charge in [0.2, 0.25) is 0 Å². The van der Waals surface area contributed by atoms with Crippen molar-refractivity contribution in [2.45, 2.75) is 6.54 Å². The van der Waals surface area contributed by atoms with Crippen LogP contribution >= 0.6 is 11.6 Å². The van der Waals surface area contributed by atoms with Crippen LogP contribution in [0.4, 0.5) is 5.69 Å². The Morgan fingerprint density at radius 2 is 1.64 bits per heavy atom. The second-order valence-corrected chi connectivity index (χ2v) is 6.48. The highest BCUT2D eigenvalue weighted by molar-refractivity contribution is 6.30. The number of halogens is 1. The van der Waals surface area contributed by atoms with Gasteiger partial charge in [0.15, 0.2) is 6.61 Å². The Labute approximate surface area is 168 Å². The fraction of sp³-hybridized carbons (Fsp3) is 0.0909. The van der Waals surface area contributed by atoms with Gasteiger partial charge in [0.05, 0.1) is 0 Å². The number of hydrogen-bond acceptors (Lipinski definition) is 3. The first-order valence-electron chi connectivity index (χ1n) is 8.70. The molecule has 0 aliphatic carbocycles. The molecule has 0 saturated heterocycles. The molecule has 3 aromatic carbocycles. The first-order valence-corrected chi connectivity index (χ1v) is 9.08. The van der Waals surface area contributed by atoms with Gasteiger partial charge < -0.3 is 15.4 Å². The molecule has 2 N–H and O–H groups in total. The van der Waals surface area contributed by atoms with Gasteiger partial charge in [-0.25, -0.2) is 0 Å². The standard InChI is InChI=1S/C22H19ClN2O3/c23-18-8-4-5-16(13-18)14-24-21(26)15-28-20-11-9-19(10-12-20)25-22(27)17-6-2-1-3-7-17/h1-13H,14-15H2,(H,24,26)(H,25,27). The molecule has 0 atom stereocenters. The van der Waals surface area contributed by atoms with Gasteiger partial charge in [-0.15, -0.1) is 0 Å². The van der Waals surface area contributed by atoms with E-state index in [-0.39, 0.29) is 18.4 Å². The van der Waals surface area contributed by atoms with E-state index in [2.05, 4.69) is 10.6 Å². The fourth-order valence-corrected chi connectivity index (χ4v) is 2.69. The SMILES string of the molecule is O=C(COc1ccc(NC(=O)c2ccccc2)cc1)NCc1cccc(Cl)c1. The highest BCUT2D eigenvalue weighted by Crippen LogP contribution is 2.16. The van der Waals surface area contributed by atoms with Gasteiger partial charge in [-0.05, 0) is 54.1 Å². The highest BCUT2D eigenvalue weighted by Gasteiger charge is 2.06. The zero-order valence-corrected chi connectivity index (χ0v) is 15.8. The van der Waals surface area contributed by atoms with Crippen LogP contribution in [0.3, 0.4) is 0 Å². The van der Waals surface area contributed by atoms with E-state index >= 15 is 0 Å². The maximum atomic E-state index is 12.1. The Kier molecular flexibility index (Phi) is 6.65. The zero-order chi connectivity index (χ0) is 19.8. The van der Waals surface area contributed by atoms with Crippen LogP contribution in [-0.2, 0) is 11.3 Å².